The van der Waals surface area contributed by atoms with Gasteiger partial charge in [0.25, 0.3) is 0 Å². The van der Waals surface area contributed by atoms with Crippen molar-refractivity contribution in [3.8, 4) is 0 Å². The molecule has 2 saturated heterocycles. The number of halogens is 3. The van der Waals surface area contributed by atoms with Gasteiger partial charge >= 0.3 is 6.18 Å². The zero-order valence-electron chi connectivity index (χ0n) is 12.2. The van der Waals surface area contributed by atoms with Gasteiger partial charge in [-0.1, -0.05) is 0 Å². The Morgan fingerprint density at radius 2 is 1.95 bits per heavy atom. The molecule has 0 saturated carbocycles. The largest absolute Gasteiger partial charge is 0.393 e. The minimum absolute atomic E-state index is 0.0163. The number of nitrogens with zero attached hydrogens (tertiary/aromatic N) is 3. The van der Waals surface area contributed by atoms with Crippen molar-refractivity contribution in [2.45, 2.75) is 31.5 Å². The van der Waals surface area contributed by atoms with E-state index in [0.29, 0.717) is 18.4 Å². The second-order valence-corrected chi connectivity index (χ2v) is 6.44. The average Bonchev–Trinajstić information content (AvgIpc) is 2.97. The van der Waals surface area contributed by atoms with Crippen LogP contribution in [-0.2, 0) is 0 Å². The molecule has 22 heavy (non-hydrogen) atoms. The highest BCUT2D eigenvalue weighted by Gasteiger charge is 2.44. The fraction of sp³-hybridized carbons (Fsp3) is 0.667. The van der Waals surface area contributed by atoms with Crippen molar-refractivity contribution in [3.63, 3.8) is 0 Å². The highest BCUT2D eigenvalue weighted by atomic mass is 19.4. The summed E-state index contributed by atoms with van der Waals surface area (Å²) < 4.78 is 38.4. The summed E-state index contributed by atoms with van der Waals surface area (Å²) in [5.74, 6) is 0.240. The van der Waals surface area contributed by atoms with Gasteiger partial charge in [0.05, 0.1) is 11.6 Å². The van der Waals surface area contributed by atoms with Crippen molar-refractivity contribution in [3.05, 3.63) is 12.1 Å². The van der Waals surface area contributed by atoms with Gasteiger partial charge in [-0.05, 0) is 31.4 Å². The number of hydrogen-bond acceptors (Lipinski definition) is 4. The predicted octanol–water partition coefficient (Wildman–Crippen LogP) is 2.86. The summed E-state index contributed by atoms with van der Waals surface area (Å²) in [6, 6.07) is 4.26. The Morgan fingerprint density at radius 3 is 2.73 bits per heavy atom. The first-order valence-corrected chi connectivity index (χ1v) is 7.85. The maximum atomic E-state index is 12.8. The number of alkyl halides is 3. The number of fused-ring (bicyclic) bond motifs is 4. The third-order valence-corrected chi connectivity index (χ3v) is 4.94. The van der Waals surface area contributed by atoms with Crippen molar-refractivity contribution in [1.82, 2.24) is 4.98 Å². The Balaban J connectivity index is 1.56. The third-order valence-electron chi connectivity index (χ3n) is 4.94. The van der Waals surface area contributed by atoms with Gasteiger partial charge in [-0.3, -0.25) is 0 Å². The summed E-state index contributed by atoms with van der Waals surface area (Å²) in [5.41, 5.74) is 1.08. The molecule has 1 aromatic heterocycles. The van der Waals surface area contributed by atoms with Gasteiger partial charge < -0.3 is 15.1 Å². The third kappa shape index (κ3) is 2.36. The summed E-state index contributed by atoms with van der Waals surface area (Å²) in [6.45, 7) is 2.46. The summed E-state index contributed by atoms with van der Waals surface area (Å²) in [4.78, 5) is 8.67. The second-order valence-electron chi connectivity index (χ2n) is 6.44. The van der Waals surface area contributed by atoms with Crippen LogP contribution in [0.5, 0.6) is 0 Å². The molecule has 1 N–H and O–H groups in total. The van der Waals surface area contributed by atoms with Gasteiger partial charge in [0.15, 0.2) is 5.82 Å². The predicted molar refractivity (Wildman–Crippen MR) is 79.5 cm³/mol. The maximum absolute atomic E-state index is 12.8. The summed E-state index contributed by atoms with van der Waals surface area (Å²) in [7, 11) is 0. The molecule has 7 heteroatoms. The Hall–Kier alpha value is -1.66. The van der Waals surface area contributed by atoms with Crippen molar-refractivity contribution in [2.24, 2.45) is 5.92 Å². The lowest BCUT2D eigenvalue weighted by atomic mass is 10.0. The second kappa shape index (κ2) is 4.93. The lowest BCUT2D eigenvalue weighted by Gasteiger charge is -2.41. The quantitative estimate of drug-likeness (QED) is 0.864. The molecular formula is C15H19F3N4. The molecule has 2 unspecified atom stereocenters. The topological polar surface area (TPSA) is 31.4 Å². The molecule has 3 aliphatic rings. The van der Waals surface area contributed by atoms with E-state index in [1.165, 1.54) is 0 Å². The van der Waals surface area contributed by atoms with Crippen LogP contribution in [0.4, 0.5) is 30.5 Å². The Labute approximate surface area is 127 Å². The van der Waals surface area contributed by atoms with Crippen LogP contribution in [0.25, 0.3) is 0 Å². The lowest BCUT2D eigenvalue weighted by Crippen LogP contribution is -2.46. The number of rotatable bonds is 1. The number of pyridine rings is 1. The van der Waals surface area contributed by atoms with Gasteiger partial charge in [-0.2, -0.15) is 13.2 Å². The maximum Gasteiger partial charge on any atom is 0.393 e. The fourth-order valence-corrected chi connectivity index (χ4v) is 3.72. The van der Waals surface area contributed by atoms with Crippen molar-refractivity contribution >= 4 is 17.3 Å². The molecule has 4 heterocycles. The standard InChI is InChI=1S/C15H19F3N4/c16-15(17,18)10-5-7-22(8-10)13-4-3-12-14(20-13)19-11-2-1-6-21(12)9-11/h3-4,10-11H,1-2,5-9H2,(H,19,20). The lowest BCUT2D eigenvalue weighted by molar-refractivity contribution is -0.168. The highest BCUT2D eigenvalue weighted by molar-refractivity contribution is 5.72. The van der Waals surface area contributed by atoms with Crippen molar-refractivity contribution < 1.29 is 13.2 Å². The van der Waals surface area contributed by atoms with Gasteiger partial charge in [0.1, 0.15) is 5.82 Å². The van der Waals surface area contributed by atoms with Gasteiger partial charge in [0, 0.05) is 32.2 Å². The van der Waals surface area contributed by atoms with Gasteiger partial charge in [0.2, 0.25) is 0 Å². The Bertz CT molecular complexity index is 574. The summed E-state index contributed by atoms with van der Waals surface area (Å²) in [5, 5.41) is 3.43. The summed E-state index contributed by atoms with van der Waals surface area (Å²) in [6.07, 6.45) is -1.66. The number of hydrogen-bond donors (Lipinski definition) is 1. The molecular weight excluding hydrogens is 293 g/mol. The molecule has 1 aromatic rings. The first-order valence-electron chi connectivity index (χ1n) is 7.85. The van der Waals surface area contributed by atoms with E-state index in [4.69, 9.17) is 0 Å². The van der Waals surface area contributed by atoms with Gasteiger partial charge in [-0.15, -0.1) is 0 Å². The number of aromatic nitrogens is 1. The molecule has 2 bridgehead atoms. The van der Waals surface area contributed by atoms with Crippen LogP contribution >= 0.6 is 0 Å². The van der Waals surface area contributed by atoms with Crippen LogP contribution in [0, 0.1) is 5.92 Å². The zero-order chi connectivity index (χ0) is 15.3. The molecule has 0 spiro atoms. The first kappa shape index (κ1) is 14.0. The Morgan fingerprint density at radius 1 is 1.09 bits per heavy atom. The zero-order valence-corrected chi connectivity index (χ0v) is 12.2. The van der Waals surface area contributed by atoms with Gasteiger partial charge in [-0.25, -0.2) is 4.98 Å². The fourth-order valence-electron chi connectivity index (χ4n) is 3.72. The SMILES string of the molecule is FC(F)(F)C1CCN(c2ccc3c(n2)NC2CCCN3C2)C1. The summed E-state index contributed by atoms with van der Waals surface area (Å²) >= 11 is 0. The van der Waals surface area contributed by atoms with Crippen molar-refractivity contribution in [2.75, 3.05) is 41.3 Å². The molecule has 2 atom stereocenters. The molecule has 4 rings (SSSR count). The van der Waals surface area contributed by atoms with E-state index in [0.717, 1.165) is 37.4 Å². The van der Waals surface area contributed by atoms with Crippen molar-refractivity contribution in [1.29, 1.82) is 0 Å². The van der Waals surface area contributed by atoms with E-state index in [9.17, 15) is 13.2 Å². The van der Waals surface area contributed by atoms with Crippen LogP contribution in [0.3, 0.4) is 0 Å². The van der Waals surface area contributed by atoms with Crippen LogP contribution in [0.15, 0.2) is 12.1 Å². The van der Waals surface area contributed by atoms with E-state index in [1.807, 2.05) is 12.1 Å². The van der Waals surface area contributed by atoms with E-state index in [-0.39, 0.29) is 13.0 Å². The van der Waals surface area contributed by atoms with Crippen LogP contribution in [-0.4, -0.2) is 43.4 Å². The molecule has 0 aromatic carbocycles. The van der Waals surface area contributed by atoms with E-state index in [2.05, 4.69) is 15.2 Å². The van der Waals surface area contributed by atoms with E-state index >= 15 is 0 Å². The minimum Gasteiger partial charge on any atom is -0.366 e. The first-order chi connectivity index (χ1) is 10.5. The minimum atomic E-state index is -4.11. The molecule has 0 amide bonds. The number of piperidine rings is 1. The molecule has 0 aliphatic carbocycles. The average molecular weight is 312 g/mol. The number of anilines is 3. The van der Waals surface area contributed by atoms with E-state index < -0.39 is 12.1 Å². The molecule has 4 nitrogen and oxygen atoms in total. The Kier molecular flexibility index (Phi) is 3.13. The molecule has 2 fully saturated rings. The van der Waals surface area contributed by atoms with Crippen LogP contribution in [0.2, 0.25) is 0 Å². The van der Waals surface area contributed by atoms with Crippen LogP contribution < -0.4 is 15.1 Å². The molecule has 0 radical (unpaired) electrons. The smallest absolute Gasteiger partial charge is 0.366 e. The molecule has 120 valence electrons. The molecule has 3 aliphatic heterocycles. The monoisotopic (exact) mass is 312 g/mol. The number of nitrogens with one attached hydrogen (secondary N) is 1. The normalized spacial score (nSPS) is 27.6. The van der Waals surface area contributed by atoms with Crippen LogP contribution in [0.1, 0.15) is 19.3 Å². The highest BCUT2D eigenvalue weighted by Crippen LogP contribution is 2.38. The van der Waals surface area contributed by atoms with E-state index in [1.54, 1.807) is 4.90 Å².